The maximum absolute atomic E-state index is 13.8. The zero-order valence-corrected chi connectivity index (χ0v) is 24.5. The molecule has 38 heavy (non-hydrogen) atoms. The highest BCUT2D eigenvalue weighted by Gasteiger charge is 2.41. The summed E-state index contributed by atoms with van der Waals surface area (Å²) in [6.45, 7) is 13.9. The lowest BCUT2D eigenvalue weighted by molar-refractivity contribution is -0.143. The van der Waals surface area contributed by atoms with E-state index < -0.39 is 0 Å². The molecule has 3 aliphatic rings. The summed E-state index contributed by atoms with van der Waals surface area (Å²) in [5, 5.41) is 9.94. The number of hydrogen-bond donors (Lipinski definition) is 1. The third kappa shape index (κ3) is 5.34. The van der Waals surface area contributed by atoms with Crippen LogP contribution in [0.3, 0.4) is 0 Å². The van der Waals surface area contributed by atoms with E-state index in [0.29, 0.717) is 25.7 Å². The number of benzene rings is 1. The zero-order chi connectivity index (χ0) is 27.3. The van der Waals surface area contributed by atoms with Gasteiger partial charge < -0.3 is 19.3 Å². The molecular formula is C33H48N2O3. The van der Waals surface area contributed by atoms with Crippen LogP contribution in [-0.2, 0) is 22.1 Å². The van der Waals surface area contributed by atoms with Crippen LogP contribution in [0.5, 0.6) is 0 Å². The quantitative estimate of drug-likeness (QED) is 0.434. The summed E-state index contributed by atoms with van der Waals surface area (Å²) in [5.41, 5.74) is 7.04. The highest BCUT2D eigenvalue weighted by atomic mass is 16.5. The Morgan fingerprint density at radius 3 is 2.34 bits per heavy atom. The summed E-state index contributed by atoms with van der Waals surface area (Å²) in [6, 6.07) is 9.35. The Kier molecular flexibility index (Phi) is 7.32. The molecule has 208 valence electrons. The molecule has 2 aromatic rings. The predicted molar refractivity (Wildman–Crippen MR) is 154 cm³/mol. The second-order valence-electron chi connectivity index (χ2n) is 14.1. The molecular weight excluding hydrogens is 472 g/mol. The topological polar surface area (TPSA) is 54.7 Å². The van der Waals surface area contributed by atoms with Gasteiger partial charge in [-0.25, -0.2) is 0 Å². The van der Waals surface area contributed by atoms with Crippen molar-refractivity contribution in [3.8, 4) is 11.3 Å². The van der Waals surface area contributed by atoms with Gasteiger partial charge in [0.25, 0.3) is 5.91 Å². The average molecular weight is 521 g/mol. The summed E-state index contributed by atoms with van der Waals surface area (Å²) in [6.07, 6.45) is 8.98. The fourth-order valence-corrected chi connectivity index (χ4v) is 6.40. The number of aromatic nitrogens is 1. The van der Waals surface area contributed by atoms with Gasteiger partial charge in [0, 0.05) is 31.5 Å². The second-order valence-corrected chi connectivity index (χ2v) is 14.1. The Labute approximate surface area is 229 Å². The Bertz CT molecular complexity index is 1140. The molecule has 5 heteroatoms. The molecule has 5 nitrogen and oxygen atoms in total. The Balaban J connectivity index is 1.56. The number of aliphatic hydroxyl groups is 1. The van der Waals surface area contributed by atoms with Gasteiger partial charge in [-0.3, -0.25) is 4.79 Å². The van der Waals surface area contributed by atoms with Gasteiger partial charge in [0.15, 0.2) is 0 Å². The third-order valence-electron chi connectivity index (χ3n) is 9.63. The van der Waals surface area contributed by atoms with Crippen molar-refractivity contribution in [2.24, 2.45) is 11.3 Å². The molecule has 0 spiro atoms. The number of carbonyl (C=O) groups is 1. The number of rotatable bonds is 8. The highest BCUT2D eigenvalue weighted by molar-refractivity contribution is 5.97. The van der Waals surface area contributed by atoms with Crippen LogP contribution in [0.1, 0.15) is 99.8 Å². The van der Waals surface area contributed by atoms with Gasteiger partial charge in [-0.2, -0.15) is 0 Å². The average Bonchev–Trinajstić information content (AvgIpc) is 3.55. The maximum atomic E-state index is 13.8. The number of ether oxygens (including phenoxy) is 1. The SMILES string of the molecule is Cc1c(C(=O)N(C)CC2(CO)COC2)cc(-c2cc(C(C)(C)C)cc(C3(C)CC3)c2)n1CC1CCCCC1. The third-order valence-corrected chi connectivity index (χ3v) is 9.63. The van der Waals surface area contributed by atoms with E-state index in [4.69, 9.17) is 4.74 Å². The van der Waals surface area contributed by atoms with Crippen LogP contribution in [0.4, 0.5) is 0 Å². The number of aliphatic hydroxyl groups excluding tert-OH is 1. The Morgan fingerprint density at radius 1 is 1.11 bits per heavy atom. The lowest BCUT2D eigenvalue weighted by Gasteiger charge is -2.42. The van der Waals surface area contributed by atoms with E-state index in [-0.39, 0.29) is 28.8 Å². The Morgan fingerprint density at radius 2 is 1.79 bits per heavy atom. The molecule has 2 aliphatic carbocycles. The molecule has 3 fully saturated rings. The van der Waals surface area contributed by atoms with E-state index in [0.717, 1.165) is 17.8 Å². The van der Waals surface area contributed by atoms with Gasteiger partial charge in [-0.15, -0.1) is 0 Å². The maximum Gasteiger partial charge on any atom is 0.255 e. The van der Waals surface area contributed by atoms with Crippen molar-refractivity contribution in [2.75, 3.05) is 33.4 Å². The van der Waals surface area contributed by atoms with E-state index in [1.165, 1.54) is 67.3 Å². The predicted octanol–water partition coefficient (Wildman–Crippen LogP) is 6.47. The molecule has 0 unspecified atom stereocenters. The highest BCUT2D eigenvalue weighted by Crippen LogP contribution is 2.49. The van der Waals surface area contributed by atoms with Crippen molar-refractivity contribution >= 4 is 5.91 Å². The van der Waals surface area contributed by atoms with Gasteiger partial charge in [0.2, 0.25) is 0 Å². The van der Waals surface area contributed by atoms with Crippen LogP contribution in [0.2, 0.25) is 0 Å². The molecule has 0 radical (unpaired) electrons. The molecule has 1 saturated heterocycles. The number of carbonyl (C=O) groups excluding carboxylic acids is 1. The van der Waals surface area contributed by atoms with Crippen molar-refractivity contribution in [1.82, 2.24) is 9.47 Å². The molecule has 5 rings (SSSR count). The van der Waals surface area contributed by atoms with Gasteiger partial charge >= 0.3 is 0 Å². The standard InChI is InChI=1S/C33H48N2O3/c1-23-28(30(37)34(6)19-33(20-36)21-38-22-33)17-29(35(23)18-24-10-8-7-9-11-24)25-14-26(31(2,3)4)16-27(15-25)32(5)12-13-32/h14-17,24,36H,7-13,18-22H2,1-6H3. The van der Waals surface area contributed by atoms with Crippen molar-refractivity contribution in [1.29, 1.82) is 0 Å². The summed E-state index contributed by atoms with van der Waals surface area (Å²) in [7, 11) is 1.86. The van der Waals surface area contributed by atoms with Gasteiger partial charge in [0.1, 0.15) is 0 Å². The van der Waals surface area contributed by atoms with E-state index >= 15 is 0 Å². The van der Waals surface area contributed by atoms with Crippen molar-refractivity contribution in [3.05, 3.63) is 46.6 Å². The normalized spacial score (nSPS) is 20.7. The number of amides is 1. The van der Waals surface area contributed by atoms with Crippen LogP contribution in [0.15, 0.2) is 24.3 Å². The second kappa shape index (κ2) is 10.1. The molecule has 2 saturated carbocycles. The molecule has 1 aromatic heterocycles. The molecule has 2 heterocycles. The fourth-order valence-electron chi connectivity index (χ4n) is 6.40. The molecule has 0 bridgehead atoms. The smallest absolute Gasteiger partial charge is 0.255 e. The molecule has 0 atom stereocenters. The summed E-state index contributed by atoms with van der Waals surface area (Å²) in [4.78, 5) is 15.6. The minimum Gasteiger partial charge on any atom is -0.396 e. The van der Waals surface area contributed by atoms with E-state index in [9.17, 15) is 9.90 Å². The van der Waals surface area contributed by atoms with Gasteiger partial charge in [-0.1, -0.05) is 53.0 Å². The van der Waals surface area contributed by atoms with Gasteiger partial charge in [-0.05, 0) is 84.2 Å². The first kappa shape index (κ1) is 27.5. The molecule has 1 amide bonds. The fraction of sp³-hybridized carbons (Fsp3) is 0.667. The van der Waals surface area contributed by atoms with Crippen molar-refractivity contribution in [3.63, 3.8) is 0 Å². The first-order chi connectivity index (χ1) is 17.9. The van der Waals surface area contributed by atoms with E-state index in [1.54, 1.807) is 4.90 Å². The van der Waals surface area contributed by atoms with Gasteiger partial charge in [0.05, 0.1) is 30.8 Å². The lowest BCUT2D eigenvalue weighted by Crippen LogP contribution is -2.53. The van der Waals surface area contributed by atoms with E-state index in [1.807, 2.05) is 7.05 Å². The van der Waals surface area contributed by atoms with Crippen LogP contribution in [-0.4, -0.2) is 53.9 Å². The van der Waals surface area contributed by atoms with Crippen LogP contribution < -0.4 is 0 Å². The minimum absolute atomic E-state index is 0.0345. The van der Waals surface area contributed by atoms with E-state index in [2.05, 4.69) is 63.5 Å². The largest absolute Gasteiger partial charge is 0.396 e. The van der Waals surface area contributed by atoms with Crippen molar-refractivity contribution in [2.45, 2.75) is 96.9 Å². The molecule has 1 aliphatic heterocycles. The summed E-state index contributed by atoms with van der Waals surface area (Å²) < 4.78 is 7.84. The molecule has 1 aromatic carbocycles. The first-order valence-corrected chi connectivity index (χ1v) is 14.8. The Hall–Kier alpha value is -2.11. The minimum atomic E-state index is -0.332. The van der Waals surface area contributed by atoms with Crippen molar-refractivity contribution < 1.29 is 14.6 Å². The van der Waals surface area contributed by atoms with Crippen LogP contribution >= 0.6 is 0 Å². The summed E-state index contributed by atoms with van der Waals surface area (Å²) >= 11 is 0. The van der Waals surface area contributed by atoms with Crippen LogP contribution in [0, 0.1) is 18.3 Å². The lowest BCUT2D eigenvalue weighted by atomic mass is 9.82. The summed E-state index contributed by atoms with van der Waals surface area (Å²) in [5.74, 6) is 0.692. The van der Waals surface area contributed by atoms with Crippen LogP contribution in [0.25, 0.3) is 11.3 Å². The monoisotopic (exact) mass is 520 g/mol. The molecule has 1 N–H and O–H groups in total. The zero-order valence-electron chi connectivity index (χ0n) is 24.5. The first-order valence-electron chi connectivity index (χ1n) is 14.8. The number of hydrogen-bond acceptors (Lipinski definition) is 3. The number of nitrogens with zero attached hydrogens (tertiary/aromatic N) is 2.